The lowest BCUT2D eigenvalue weighted by molar-refractivity contribution is 0.303. The summed E-state index contributed by atoms with van der Waals surface area (Å²) < 4.78 is 0. The molecule has 0 saturated heterocycles. The molecule has 0 spiro atoms. The van der Waals surface area contributed by atoms with Crippen molar-refractivity contribution in [1.29, 1.82) is 5.26 Å². The summed E-state index contributed by atoms with van der Waals surface area (Å²) in [7, 11) is 0. The van der Waals surface area contributed by atoms with Crippen LogP contribution in [0.5, 0.6) is 0 Å². The molecule has 2 fully saturated rings. The molecule has 2 aliphatic carbocycles. The molecule has 0 bridgehead atoms. The first kappa shape index (κ1) is 12.5. The van der Waals surface area contributed by atoms with Gasteiger partial charge in [-0.25, -0.2) is 0 Å². The van der Waals surface area contributed by atoms with Crippen molar-refractivity contribution >= 4 is 5.69 Å². The summed E-state index contributed by atoms with van der Waals surface area (Å²) in [5.74, 6) is 2.02. The first-order valence-electron chi connectivity index (χ1n) is 7.57. The van der Waals surface area contributed by atoms with Gasteiger partial charge in [-0.3, -0.25) is 0 Å². The molecule has 2 heteroatoms. The monoisotopic (exact) mass is 254 g/mol. The van der Waals surface area contributed by atoms with Crippen LogP contribution in [-0.2, 0) is 6.42 Å². The molecule has 1 aromatic carbocycles. The van der Waals surface area contributed by atoms with Crippen LogP contribution in [0, 0.1) is 23.2 Å². The molecule has 1 aromatic rings. The molecule has 0 amide bonds. The number of nitriles is 1. The van der Waals surface area contributed by atoms with E-state index in [0.29, 0.717) is 12.5 Å². The maximum absolute atomic E-state index is 8.67. The first-order valence-corrected chi connectivity index (χ1v) is 7.57. The quantitative estimate of drug-likeness (QED) is 0.876. The molecule has 0 aliphatic heterocycles. The molecule has 2 nitrogen and oxygen atoms in total. The highest BCUT2D eigenvalue weighted by Crippen LogP contribution is 2.44. The summed E-state index contributed by atoms with van der Waals surface area (Å²) in [5, 5.41) is 12.4. The Morgan fingerprint density at radius 3 is 2.53 bits per heavy atom. The topological polar surface area (TPSA) is 35.8 Å². The number of hydrogen-bond acceptors (Lipinski definition) is 2. The summed E-state index contributed by atoms with van der Waals surface area (Å²) in [5.41, 5.74) is 2.32. The summed E-state index contributed by atoms with van der Waals surface area (Å²) in [4.78, 5) is 0. The Bertz CT molecular complexity index is 453. The Balaban J connectivity index is 1.56. The van der Waals surface area contributed by atoms with Gasteiger partial charge in [0, 0.05) is 11.7 Å². The second kappa shape index (κ2) is 5.65. The summed E-state index contributed by atoms with van der Waals surface area (Å²) in [6, 6.07) is 11.2. The molecule has 3 rings (SSSR count). The van der Waals surface area contributed by atoms with Gasteiger partial charge < -0.3 is 5.32 Å². The molecule has 100 valence electrons. The van der Waals surface area contributed by atoms with Crippen LogP contribution in [-0.4, -0.2) is 6.04 Å². The van der Waals surface area contributed by atoms with E-state index in [1.807, 2.05) is 0 Å². The molecule has 0 radical (unpaired) electrons. The molecule has 2 atom stereocenters. The van der Waals surface area contributed by atoms with E-state index in [1.54, 1.807) is 0 Å². The minimum absolute atomic E-state index is 0.507. The zero-order chi connectivity index (χ0) is 13.1. The predicted molar refractivity (Wildman–Crippen MR) is 77.9 cm³/mol. The number of anilines is 1. The van der Waals surface area contributed by atoms with Crippen LogP contribution >= 0.6 is 0 Å². The average molecular weight is 254 g/mol. The molecule has 19 heavy (non-hydrogen) atoms. The zero-order valence-corrected chi connectivity index (χ0v) is 11.4. The van der Waals surface area contributed by atoms with Gasteiger partial charge in [0.15, 0.2) is 0 Å². The highest BCUT2D eigenvalue weighted by molar-refractivity contribution is 5.45. The van der Waals surface area contributed by atoms with Gasteiger partial charge in [0.25, 0.3) is 0 Å². The molecule has 2 aliphatic rings. The van der Waals surface area contributed by atoms with E-state index < -0.39 is 0 Å². The average Bonchev–Trinajstić information content (AvgIpc) is 3.26. The third-order valence-corrected chi connectivity index (χ3v) is 4.61. The standard InChI is InChI=1S/C17H22N2/c18-11-10-13-4-8-16(9-5-13)19-17-3-1-2-15(12-17)14-6-7-14/h4-5,8-9,14-15,17,19H,1-3,6-7,10,12H2. The van der Waals surface area contributed by atoms with Crippen LogP contribution in [0.4, 0.5) is 5.69 Å². The number of rotatable bonds is 4. The largest absolute Gasteiger partial charge is 0.382 e. The lowest BCUT2D eigenvalue weighted by Crippen LogP contribution is -2.28. The van der Waals surface area contributed by atoms with Crippen molar-refractivity contribution in [3.05, 3.63) is 29.8 Å². The third kappa shape index (κ3) is 3.29. The van der Waals surface area contributed by atoms with Crippen LogP contribution in [0.1, 0.15) is 44.1 Å². The van der Waals surface area contributed by atoms with Gasteiger partial charge >= 0.3 is 0 Å². The second-order valence-electron chi connectivity index (χ2n) is 6.14. The van der Waals surface area contributed by atoms with Crippen LogP contribution in [0.25, 0.3) is 0 Å². The van der Waals surface area contributed by atoms with E-state index in [0.717, 1.165) is 17.4 Å². The van der Waals surface area contributed by atoms with E-state index in [4.69, 9.17) is 5.26 Å². The van der Waals surface area contributed by atoms with Crippen molar-refractivity contribution in [3.63, 3.8) is 0 Å². The summed E-state index contributed by atoms with van der Waals surface area (Å²) in [6.45, 7) is 0. The Morgan fingerprint density at radius 2 is 1.84 bits per heavy atom. The molecule has 2 unspecified atom stereocenters. The molecule has 2 saturated carbocycles. The number of benzene rings is 1. The Hall–Kier alpha value is -1.49. The third-order valence-electron chi connectivity index (χ3n) is 4.61. The van der Waals surface area contributed by atoms with Crippen molar-refractivity contribution in [2.75, 3.05) is 5.32 Å². The lowest BCUT2D eigenvalue weighted by Gasteiger charge is -2.30. The predicted octanol–water partition coefficient (Wildman–Crippen LogP) is 4.13. The van der Waals surface area contributed by atoms with E-state index in [1.165, 1.54) is 44.2 Å². The van der Waals surface area contributed by atoms with E-state index >= 15 is 0 Å². The van der Waals surface area contributed by atoms with Crippen molar-refractivity contribution in [3.8, 4) is 6.07 Å². The van der Waals surface area contributed by atoms with Crippen molar-refractivity contribution in [1.82, 2.24) is 0 Å². The number of nitrogens with zero attached hydrogens (tertiary/aromatic N) is 1. The fourth-order valence-electron chi connectivity index (χ4n) is 3.40. The Kier molecular flexibility index (Phi) is 3.73. The van der Waals surface area contributed by atoms with E-state index in [2.05, 4.69) is 35.7 Å². The van der Waals surface area contributed by atoms with Gasteiger partial charge in [0.05, 0.1) is 12.5 Å². The highest BCUT2D eigenvalue weighted by Gasteiger charge is 2.34. The number of nitrogens with one attached hydrogen (secondary N) is 1. The zero-order valence-electron chi connectivity index (χ0n) is 11.4. The molecular formula is C17H22N2. The minimum Gasteiger partial charge on any atom is -0.382 e. The van der Waals surface area contributed by atoms with Gasteiger partial charge in [-0.1, -0.05) is 25.0 Å². The van der Waals surface area contributed by atoms with E-state index in [-0.39, 0.29) is 0 Å². The molecule has 0 heterocycles. The lowest BCUT2D eigenvalue weighted by atomic mass is 9.82. The fraction of sp³-hybridized carbons (Fsp3) is 0.588. The van der Waals surface area contributed by atoms with Gasteiger partial charge in [-0.15, -0.1) is 0 Å². The summed E-state index contributed by atoms with van der Waals surface area (Å²) in [6.07, 6.45) is 8.94. The molecule has 0 aromatic heterocycles. The van der Waals surface area contributed by atoms with Crippen molar-refractivity contribution < 1.29 is 0 Å². The van der Waals surface area contributed by atoms with Crippen molar-refractivity contribution in [2.45, 2.75) is 51.0 Å². The molecule has 1 N–H and O–H groups in total. The maximum atomic E-state index is 8.67. The van der Waals surface area contributed by atoms with Gasteiger partial charge in [0.2, 0.25) is 0 Å². The number of hydrogen-bond donors (Lipinski definition) is 1. The van der Waals surface area contributed by atoms with Crippen LogP contribution < -0.4 is 5.32 Å². The first-order chi connectivity index (χ1) is 9.35. The molecular weight excluding hydrogens is 232 g/mol. The smallest absolute Gasteiger partial charge is 0.0669 e. The van der Waals surface area contributed by atoms with Gasteiger partial charge in [0.1, 0.15) is 0 Å². The normalized spacial score (nSPS) is 26.7. The summed E-state index contributed by atoms with van der Waals surface area (Å²) >= 11 is 0. The SMILES string of the molecule is N#CCc1ccc(NC2CCCC(C3CC3)C2)cc1. The van der Waals surface area contributed by atoms with Crippen LogP contribution in [0.2, 0.25) is 0 Å². The van der Waals surface area contributed by atoms with Crippen LogP contribution in [0.15, 0.2) is 24.3 Å². The second-order valence-corrected chi connectivity index (χ2v) is 6.14. The maximum Gasteiger partial charge on any atom is 0.0669 e. The Morgan fingerprint density at radius 1 is 1.05 bits per heavy atom. The fourth-order valence-corrected chi connectivity index (χ4v) is 3.40. The minimum atomic E-state index is 0.507. The van der Waals surface area contributed by atoms with Gasteiger partial charge in [-0.05, 0) is 55.2 Å². The highest BCUT2D eigenvalue weighted by atomic mass is 14.9. The Labute approximate surface area is 115 Å². The van der Waals surface area contributed by atoms with E-state index in [9.17, 15) is 0 Å². The van der Waals surface area contributed by atoms with Gasteiger partial charge in [-0.2, -0.15) is 5.26 Å². The van der Waals surface area contributed by atoms with Crippen LogP contribution in [0.3, 0.4) is 0 Å². The van der Waals surface area contributed by atoms with Crippen molar-refractivity contribution in [2.24, 2.45) is 11.8 Å².